The van der Waals surface area contributed by atoms with Crippen molar-refractivity contribution < 1.29 is 0 Å². The van der Waals surface area contributed by atoms with E-state index in [9.17, 15) is 0 Å². The van der Waals surface area contributed by atoms with E-state index in [4.69, 9.17) is 5.73 Å². The molecular weight excluding hydrogens is 220 g/mol. The van der Waals surface area contributed by atoms with Crippen LogP contribution in [0.25, 0.3) is 0 Å². The van der Waals surface area contributed by atoms with Gasteiger partial charge in [0.25, 0.3) is 0 Å². The number of benzene rings is 1. The Morgan fingerprint density at radius 3 is 2.83 bits per heavy atom. The molecule has 2 heteroatoms. The zero-order chi connectivity index (χ0) is 13.0. The van der Waals surface area contributed by atoms with Crippen molar-refractivity contribution in [3.8, 4) is 0 Å². The Hall–Kier alpha value is -1.02. The number of hydrogen-bond acceptors (Lipinski definition) is 2. The Morgan fingerprint density at radius 2 is 2.11 bits per heavy atom. The molecule has 1 saturated heterocycles. The lowest BCUT2D eigenvalue weighted by atomic mass is 9.96. The highest BCUT2D eigenvalue weighted by Crippen LogP contribution is 2.29. The summed E-state index contributed by atoms with van der Waals surface area (Å²) in [5.74, 6) is 0. The van der Waals surface area contributed by atoms with E-state index in [0.29, 0.717) is 6.04 Å². The SMILES string of the molecule is CCC1CCCCN1c1ccccc1CC(C)N. The topological polar surface area (TPSA) is 29.3 Å². The van der Waals surface area contributed by atoms with E-state index < -0.39 is 0 Å². The largest absolute Gasteiger partial charge is 0.368 e. The van der Waals surface area contributed by atoms with Crippen molar-refractivity contribution in [3.63, 3.8) is 0 Å². The van der Waals surface area contributed by atoms with E-state index in [2.05, 4.69) is 43.0 Å². The van der Waals surface area contributed by atoms with Crippen molar-refractivity contribution in [2.75, 3.05) is 11.4 Å². The molecule has 1 aliphatic heterocycles. The van der Waals surface area contributed by atoms with Crippen LogP contribution < -0.4 is 10.6 Å². The third-order valence-electron chi connectivity index (χ3n) is 3.94. The van der Waals surface area contributed by atoms with Crippen LogP contribution in [0, 0.1) is 0 Å². The molecule has 1 fully saturated rings. The number of anilines is 1. The molecule has 0 aliphatic carbocycles. The summed E-state index contributed by atoms with van der Waals surface area (Å²) in [6.45, 7) is 5.59. The van der Waals surface area contributed by atoms with Crippen LogP contribution in [0.15, 0.2) is 24.3 Å². The molecule has 1 aliphatic rings. The van der Waals surface area contributed by atoms with E-state index in [1.807, 2.05) is 0 Å². The number of para-hydroxylation sites is 1. The molecular formula is C16H26N2. The third kappa shape index (κ3) is 3.05. The molecule has 1 aromatic carbocycles. The van der Waals surface area contributed by atoms with Crippen LogP contribution in [0.5, 0.6) is 0 Å². The van der Waals surface area contributed by atoms with Gasteiger partial charge < -0.3 is 10.6 Å². The second-order valence-corrected chi connectivity index (χ2v) is 5.56. The van der Waals surface area contributed by atoms with Gasteiger partial charge in [0.05, 0.1) is 0 Å². The predicted molar refractivity (Wildman–Crippen MR) is 79.1 cm³/mol. The lowest BCUT2D eigenvalue weighted by molar-refractivity contribution is 0.449. The molecule has 1 aromatic rings. The van der Waals surface area contributed by atoms with Gasteiger partial charge in [0, 0.05) is 24.3 Å². The van der Waals surface area contributed by atoms with Crippen molar-refractivity contribution in [3.05, 3.63) is 29.8 Å². The molecule has 0 spiro atoms. The molecule has 100 valence electrons. The van der Waals surface area contributed by atoms with Crippen molar-refractivity contribution in [2.45, 2.75) is 58.0 Å². The van der Waals surface area contributed by atoms with Gasteiger partial charge >= 0.3 is 0 Å². The van der Waals surface area contributed by atoms with E-state index in [1.54, 1.807) is 0 Å². The van der Waals surface area contributed by atoms with Gasteiger partial charge in [-0.3, -0.25) is 0 Å². The van der Waals surface area contributed by atoms with Gasteiger partial charge in [-0.15, -0.1) is 0 Å². The molecule has 0 bridgehead atoms. The smallest absolute Gasteiger partial charge is 0.0401 e. The van der Waals surface area contributed by atoms with Gasteiger partial charge in [-0.2, -0.15) is 0 Å². The van der Waals surface area contributed by atoms with Gasteiger partial charge in [-0.05, 0) is 50.7 Å². The quantitative estimate of drug-likeness (QED) is 0.883. The third-order valence-corrected chi connectivity index (χ3v) is 3.94. The average Bonchev–Trinajstić information content (AvgIpc) is 2.39. The first-order valence-corrected chi connectivity index (χ1v) is 7.32. The molecule has 2 N–H and O–H groups in total. The Kier molecular flexibility index (Phi) is 4.65. The Morgan fingerprint density at radius 1 is 1.33 bits per heavy atom. The zero-order valence-electron chi connectivity index (χ0n) is 11.7. The summed E-state index contributed by atoms with van der Waals surface area (Å²) in [6, 6.07) is 9.74. The van der Waals surface area contributed by atoms with E-state index >= 15 is 0 Å². The van der Waals surface area contributed by atoms with Gasteiger partial charge in [0.15, 0.2) is 0 Å². The fourth-order valence-electron chi connectivity index (χ4n) is 3.05. The normalized spacial score (nSPS) is 21.9. The van der Waals surface area contributed by atoms with Crippen molar-refractivity contribution >= 4 is 5.69 Å². The molecule has 2 unspecified atom stereocenters. The number of hydrogen-bond donors (Lipinski definition) is 1. The van der Waals surface area contributed by atoms with Crippen molar-refractivity contribution in [1.82, 2.24) is 0 Å². The molecule has 2 rings (SSSR count). The number of piperidine rings is 1. The van der Waals surface area contributed by atoms with Crippen LogP contribution in [0.2, 0.25) is 0 Å². The fraction of sp³-hybridized carbons (Fsp3) is 0.625. The minimum absolute atomic E-state index is 0.232. The molecule has 0 radical (unpaired) electrons. The number of nitrogens with zero attached hydrogens (tertiary/aromatic N) is 1. The molecule has 0 aromatic heterocycles. The van der Waals surface area contributed by atoms with Crippen molar-refractivity contribution in [1.29, 1.82) is 0 Å². The average molecular weight is 246 g/mol. The summed E-state index contributed by atoms with van der Waals surface area (Å²) in [4.78, 5) is 2.61. The van der Waals surface area contributed by atoms with Crippen LogP contribution in [0.4, 0.5) is 5.69 Å². The standard InChI is InChI=1S/C16H26N2/c1-3-15-9-6-7-11-18(15)16-10-5-4-8-14(16)12-13(2)17/h4-5,8,10,13,15H,3,6-7,9,11-12,17H2,1-2H3. The number of nitrogens with two attached hydrogens (primary N) is 1. The van der Waals surface area contributed by atoms with Gasteiger partial charge in [0.2, 0.25) is 0 Å². The summed E-state index contributed by atoms with van der Waals surface area (Å²) in [6.07, 6.45) is 6.26. The summed E-state index contributed by atoms with van der Waals surface area (Å²) in [5, 5.41) is 0. The summed E-state index contributed by atoms with van der Waals surface area (Å²) >= 11 is 0. The van der Waals surface area contributed by atoms with Crippen LogP contribution >= 0.6 is 0 Å². The van der Waals surface area contributed by atoms with Crippen LogP contribution in [0.1, 0.15) is 45.1 Å². The first-order valence-electron chi connectivity index (χ1n) is 7.32. The van der Waals surface area contributed by atoms with E-state index in [1.165, 1.54) is 43.5 Å². The Labute approximate surface area is 111 Å². The van der Waals surface area contributed by atoms with Gasteiger partial charge in [-0.1, -0.05) is 25.1 Å². The zero-order valence-corrected chi connectivity index (χ0v) is 11.7. The highest BCUT2D eigenvalue weighted by molar-refractivity contribution is 5.55. The monoisotopic (exact) mass is 246 g/mol. The fourth-order valence-corrected chi connectivity index (χ4v) is 3.05. The summed E-state index contributed by atoms with van der Waals surface area (Å²) < 4.78 is 0. The molecule has 18 heavy (non-hydrogen) atoms. The second-order valence-electron chi connectivity index (χ2n) is 5.56. The molecule has 2 atom stereocenters. The Bertz CT molecular complexity index is 373. The molecule has 0 saturated carbocycles. The first-order chi connectivity index (χ1) is 8.72. The molecule has 2 nitrogen and oxygen atoms in total. The second kappa shape index (κ2) is 6.24. The van der Waals surface area contributed by atoms with Gasteiger partial charge in [0.1, 0.15) is 0 Å². The van der Waals surface area contributed by atoms with Crippen LogP contribution in [0.3, 0.4) is 0 Å². The summed E-state index contributed by atoms with van der Waals surface area (Å²) in [7, 11) is 0. The maximum Gasteiger partial charge on any atom is 0.0401 e. The minimum atomic E-state index is 0.232. The predicted octanol–water partition coefficient (Wildman–Crippen LogP) is 3.35. The van der Waals surface area contributed by atoms with Gasteiger partial charge in [-0.25, -0.2) is 0 Å². The highest BCUT2D eigenvalue weighted by Gasteiger charge is 2.22. The Balaban J connectivity index is 2.24. The lowest BCUT2D eigenvalue weighted by Gasteiger charge is -2.38. The van der Waals surface area contributed by atoms with Crippen molar-refractivity contribution in [2.24, 2.45) is 5.73 Å². The van der Waals surface area contributed by atoms with E-state index in [0.717, 1.165) is 6.42 Å². The van der Waals surface area contributed by atoms with Crippen LogP contribution in [-0.2, 0) is 6.42 Å². The first kappa shape index (κ1) is 13.4. The number of rotatable bonds is 4. The molecule has 0 amide bonds. The highest BCUT2D eigenvalue weighted by atomic mass is 15.2. The maximum atomic E-state index is 5.97. The van der Waals surface area contributed by atoms with E-state index in [-0.39, 0.29) is 6.04 Å². The molecule has 1 heterocycles. The van der Waals surface area contributed by atoms with Crippen LogP contribution in [-0.4, -0.2) is 18.6 Å². The summed E-state index contributed by atoms with van der Waals surface area (Å²) in [5.41, 5.74) is 8.80. The minimum Gasteiger partial charge on any atom is -0.368 e. The lowest BCUT2D eigenvalue weighted by Crippen LogP contribution is -2.39. The maximum absolute atomic E-state index is 5.97.